The van der Waals surface area contributed by atoms with Gasteiger partial charge in [0, 0.05) is 18.3 Å². The molecule has 2 N–H and O–H groups in total. The van der Waals surface area contributed by atoms with Crippen molar-refractivity contribution in [2.75, 3.05) is 18.0 Å². The molecular weight excluding hydrogens is 208 g/mol. The van der Waals surface area contributed by atoms with Gasteiger partial charge in [0.1, 0.15) is 0 Å². The van der Waals surface area contributed by atoms with Gasteiger partial charge >= 0.3 is 0 Å². The Morgan fingerprint density at radius 3 is 2.88 bits per heavy atom. The maximum Gasteiger partial charge on any atom is 0.0404 e. The van der Waals surface area contributed by atoms with Gasteiger partial charge in [-0.25, -0.2) is 0 Å². The van der Waals surface area contributed by atoms with Gasteiger partial charge in [-0.05, 0) is 55.3 Å². The Morgan fingerprint density at radius 2 is 2.24 bits per heavy atom. The number of rotatable bonds is 3. The topological polar surface area (TPSA) is 29.3 Å². The van der Waals surface area contributed by atoms with Crippen molar-refractivity contribution >= 4 is 5.69 Å². The molecule has 3 rings (SSSR count). The van der Waals surface area contributed by atoms with Crippen LogP contribution in [0, 0.1) is 0 Å². The maximum absolute atomic E-state index is 5.77. The second kappa shape index (κ2) is 4.34. The highest BCUT2D eigenvalue weighted by atomic mass is 15.2. The lowest BCUT2D eigenvalue weighted by Crippen LogP contribution is -2.38. The summed E-state index contributed by atoms with van der Waals surface area (Å²) in [7, 11) is 0. The molecule has 0 saturated heterocycles. The molecule has 92 valence electrons. The first kappa shape index (κ1) is 11.1. The van der Waals surface area contributed by atoms with Crippen molar-refractivity contribution in [3.63, 3.8) is 0 Å². The third-order valence-electron chi connectivity index (χ3n) is 4.48. The van der Waals surface area contributed by atoms with Crippen LogP contribution in [-0.4, -0.2) is 19.1 Å². The fraction of sp³-hybridized carbons (Fsp3) is 0.600. The summed E-state index contributed by atoms with van der Waals surface area (Å²) >= 11 is 0. The van der Waals surface area contributed by atoms with E-state index in [-0.39, 0.29) is 0 Å². The van der Waals surface area contributed by atoms with Crippen molar-refractivity contribution in [3.8, 4) is 0 Å². The molecule has 2 aliphatic rings. The molecule has 1 aliphatic carbocycles. The third-order valence-corrected chi connectivity index (χ3v) is 4.48. The highest BCUT2D eigenvalue weighted by molar-refractivity contribution is 5.61. The highest BCUT2D eigenvalue weighted by Crippen LogP contribution is 2.37. The smallest absolute Gasteiger partial charge is 0.0404 e. The Balaban J connectivity index is 1.89. The van der Waals surface area contributed by atoms with Crippen molar-refractivity contribution < 1.29 is 0 Å². The SMILES string of the molecule is CC(CN)c1ccc2c(c1)N(C1CCC1)CC2. The molecule has 1 fully saturated rings. The molecule has 0 amide bonds. The fourth-order valence-corrected chi connectivity index (χ4v) is 2.94. The van der Waals surface area contributed by atoms with Crippen molar-refractivity contribution in [1.29, 1.82) is 0 Å². The number of nitrogens with two attached hydrogens (primary N) is 1. The van der Waals surface area contributed by atoms with Gasteiger partial charge in [0.25, 0.3) is 0 Å². The number of benzene rings is 1. The zero-order valence-corrected chi connectivity index (χ0v) is 10.7. The fourth-order valence-electron chi connectivity index (χ4n) is 2.94. The van der Waals surface area contributed by atoms with E-state index in [4.69, 9.17) is 5.73 Å². The standard InChI is InChI=1S/C15H22N2/c1-11(10-16)13-6-5-12-7-8-17(15(12)9-13)14-3-2-4-14/h5-6,9,11,14H,2-4,7-8,10,16H2,1H3. The van der Waals surface area contributed by atoms with Crippen LogP contribution in [0.15, 0.2) is 18.2 Å². The molecule has 17 heavy (non-hydrogen) atoms. The summed E-state index contributed by atoms with van der Waals surface area (Å²) in [5.41, 5.74) is 10.2. The van der Waals surface area contributed by atoms with Gasteiger partial charge in [-0.15, -0.1) is 0 Å². The summed E-state index contributed by atoms with van der Waals surface area (Å²) in [4.78, 5) is 2.63. The number of nitrogens with zero attached hydrogens (tertiary/aromatic N) is 1. The lowest BCUT2D eigenvalue weighted by molar-refractivity contribution is 0.392. The molecule has 0 spiro atoms. The van der Waals surface area contributed by atoms with E-state index in [1.54, 1.807) is 0 Å². The number of hydrogen-bond donors (Lipinski definition) is 1. The van der Waals surface area contributed by atoms with Crippen LogP contribution >= 0.6 is 0 Å². The minimum Gasteiger partial charge on any atom is -0.368 e. The van der Waals surface area contributed by atoms with Crippen LogP contribution in [0.2, 0.25) is 0 Å². The molecule has 0 bridgehead atoms. The summed E-state index contributed by atoms with van der Waals surface area (Å²) in [5, 5.41) is 0. The van der Waals surface area contributed by atoms with Gasteiger partial charge < -0.3 is 10.6 Å². The lowest BCUT2D eigenvalue weighted by atomic mass is 9.91. The Morgan fingerprint density at radius 1 is 1.41 bits per heavy atom. The molecule has 1 heterocycles. The molecule has 1 atom stereocenters. The normalized spacial score (nSPS) is 21.2. The predicted molar refractivity (Wildman–Crippen MR) is 72.6 cm³/mol. The van der Waals surface area contributed by atoms with E-state index < -0.39 is 0 Å². The Labute approximate surface area is 104 Å². The van der Waals surface area contributed by atoms with Crippen molar-refractivity contribution in [2.24, 2.45) is 5.73 Å². The molecule has 1 aromatic carbocycles. The van der Waals surface area contributed by atoms with Crippen molar-refractivity contribution in [3.05, 3.63) is 29.3 Å². The third kappa shape index (κ3) is 1.85. The molecule has 1 saturated carbocycles. The van der Waals surface area contributed by atoms with Gasteiger partial charge in [0.15, 0.2) is 0 Å². The van der Waals surface area contributed by atoms with Crippen LogP contribution in [-0.2, 0) is 6.42 Å². The van der Waals surface area contributed by atoms with Gasteiger partial charge in [-0.1, -0.05) is 19.1 Å². The van der Waals surface area contributed by atoms with E-state index in [1.165, 1.54) is 49.0 Å². The highest BCUT2D eigenvalue weighted by Gasteiger charge is 2.30. The first-order valence-corrected chi connectivity index (χ1v) is 6.89. The van der Waals surface area contributed by atoms with Crippen LogP contribution < -0.4 is 10.6 Å². The molecule has 2 heteroatoms. The molecular formula is C15H22N2. The molecule has 2 nitrogen and oxygen atoms in total. The average molecular weight is 230 g/mol. The van der Waals surface area contributed by atoms with Crippen LogP contribution in [0.25, 0.3) is 0 Å². The van der Waals surface area contributed by atoms with Gasteiger partial charge in [-0.2, -0.15) is 0 Å². The lowest BCUT2D eigenvalue weighted by Gasteiger charge is -2.37. The Bertz CT molecular complexity index is 409. The quantitative estimate of drug-likeness (QED) is 0.865. The molecule has 0 radical (unpaired) electrons. The zero-order valence-electron chi connectivity index (χ0n) is 10.7. The van der Waals surface area contributed by atoms with E-state index >= 15 is 0 Å². The first-order chi connectivity index (χ1) is 8.29. The molecule has 1 unspecified atom stereocenters. The van der Waals surface area contributed by atoms with E-state index in [0.29, 0.717) is 5.92 Å². The number of fused-ring (bicyclic) bond motifs is 1. The monoisotopic (exact) mass is 230 g/mol. The second-order valence-corrected chi connectivity index (χ2v) is 5.55. The van der Waals surface area contributed by atoms with Crippen LogP contribution in [0.4, 0.5) is 5.69 Å². The van der Waals surface area contributed by atoms with Gasteiger partial charge in [0.2, 0.25) is 0 Å². The van der Waals surface area contributed by atoms with E-state index in [2.05, 4.69) is 30.0 Å². The minimum atomic E-state index is 0.476. The molecule has 1 aliphatic heterocycles. The largest absolute Gasteiger partial charge is 0.368 e. The van der Waals surface area contributed by atoms with Crippen molar-refractivity contribution in [1.82, 2.24) is 0 Å². The Hall–Kier alpha value is -1.02. The summed E-state index contributed by atoms with van der Waals surface area (Å²) in [6.07, 6.45) is 5.41. The second-order valence-electron chi connectivity index (χ2n) is 5.55. The predicted octanol–water partition coefficient (Wildman–Crippen LogP) is 2.66. The van der Waals surface area contributed by atoms with Crippen molar-refractivity contribution in [2.45, 2.75) is 44.6 Å². The summed E-state index contributed by atoms with van der Waals surface area (Å²) in [5.74, 6) is 0.476. The van der Waals surface area contributed by atoms with E-state index in [9.17, 15) is 0 Å². The Kier molecular flexibility index (Phi) is 2.83. The average Bonchev–Trinajstić information content (AvgIpc) is 2.69. The van der Waals surface area contributed by atoms with Crippen LogP contribution in [0.1, 0.15) is 43.2 Å². The summed E-state index contributed by atoms with van der Waals surface area (Å²) < 4.78 is 0. The van der Waals surface area contributed by atoms with Gasteiger partial charge in [-0.3, -0.25) is 0 Å². The molecule has 0 aromatic heterocycles. The van der Waals surface area contributed by atoms with E-state index in [1.807, 2.05) is 0 Å². The zero-order chi connectivity index (χ0) is 11.8. The van der Waals surface area contributed by atoms with Gasteiger partial charge in [0.05, 0.1) is 0 Å². The summed E-state index contributed by atoms with van der Waals surface area (Å²) in [6.45, 7) is 4.17. The van der Waals surface area contributed by atoms with Crippen LogP contribution in [0.3, 0.4) is 0 Å². The number of hydrogen-bond acceptors (Lipinski definition) is 2. The summed E-state index contributed by atoms with van der Waals surface area (Å²) in [6, 6.07) is 7.79. The van der Waals surface area contributed by atoms with Crippen LogP contribution in [0.5, 0.6) is 0 Å². The maximum atomic E-state index is 5.77. The number of anilines is 1. The first-order valence-electron chi connectivity index (χ1n) is 6.89. The molecule has 1 aromatic rings. The minimum absolute atomic E-state index is 0.476. The van der Waals surface area contributed by atoms with E-state index in [0.717, 1.165) is 12.6 Å².